The average molecular weight is 260 g/mol. The van der Waals surface area contributed by atoms with Gasteiger partial charge in [-0.15, -0.1) is 0 Å². The maximum Gasteiger partial charge on any atom is 0.326 e. The van der Waals surface area contributed by atoms with Gasteiger partial charge in [-0.3, -0.25) is 0 Å². The average Bonchev–Trinajstić information content (AvgIpc) is 2.29. The van der Waals surface area contributed by atoms with Crippen LogP contribution < -0.4 is 10.6 Å². The fourth-order valence-corrected chi connectivity index (χ4v) is 1.46. The molecule has 0 rings (SSSR count). The standard InChI is InChI=1S/C12H24N2O4/c1-9(2)10(11(15)16)14-12(17)13-7-5-4-6-8-18-3/h9-10H,4-8H2,1-3H3,(H,15,16)(H2,13,14,17)/t10-/m0/s1. The van der Waals surface area contributed by atoms with E-state index < -0.39 is 18.0 Å². The van der Waals surface area contributed by atoms with Crippen LogP contribution in [0.5, 0.6) is 0 Å². The molecule has 0 aliphatic carbocycles. The highest BCUT2D eigenvalue weighted by molar-refractivity contribution is 5.82. The van der Waals surface area contributed by atoms with Crippen molar-refractivity contribution in [2.45, 2.75) is 39.2 Å². The molecule has 0 unspecified atom stereocenters. The Morgan fingerprint density at radius 3 is 2.39 bits per heavy atom. The molecule has 0 saturated heterocycles. The van der Waals surface area contributed by atoms with E-state index in [0.717, 1.165) is 25.9 Å². The molecule has 0 spiro atoms. The zero-order valence-electron chi connectivity index (χ0n) is 11.4. The highest BCUT2D eigenvalue weighted by Gasteiger charge is 2.22. The van der Waals surface area contributed by atoms with Gasteiger partial charge >= 0.3 is 12.0 Å². The topological polar surface area (TPSA) is 87.7 Å². The van der Waals surface area contributed by atoms with Crippen LogP contribution in [0.3, 0.4) is 0 Å². The van der Waals surface area contributed by atoms with Crippen molar-refractivity contribution in [1.29, 1.82) is 0 Å². The predicted molar refractivity (Wildman–Crippen MR) is 68.5 cm³/mol. The molecule has 0 aliphatic heterocycles. The SMILES string of the molecule is COCCCCCNC(=O)N[C@H](C(=O)O)C(C)C. The van der Waals surface area contributed by atoms with Crippen molar-refractivity contribution < 1.29 is 19.4 Å². The van der Waals surface area contributed by atoms with Gasteiger partial charge in [0.1, 0.15) is 6.04 Å². The Hall–Kier alpha value is -1.30. The maximum atomic E-state index is 11.4. The summed E-state index contributed by atoms with van der Waals surface area (Å²) in [5.74, 6) is -1.16. The summed E-state index contributed by atoms with van der Waals surface area (Å²) in [6, 6.07) is -1.28. The number of carboxylic acids is 1. The van der Waals surface area contributed by atoms with Crippen molar-refractivity contribution >= 4 is 12.0 Å². The summed E-state index contributed by atoms with van der Waals surface area (Å²) in [7, 11) is 1.66. The molecule has 0 fully saturated rings. The Kier molecular flexibility index (Phi) is 9.00. The van der Waals surface area contributed by atoms with Crippen LogP contribution in [0.1, 0.15) is 33.1 Å². The molecule has 0 aromatic heterocycles. The van der Waals surface area contributed by atoms with E-state index in [2.05, 4.69) is 10.6 Å². The molecule has 3 N–H and O–H groups in total. The van der Waals surface area contributed by atoms with Gasteiger partial charge in [-0.05, 0) is 25.2 Å². The highest BCUT2D eigenvalue weighted by atomic mass is 16.5. The number of urea groups is 1. The minimum atomic E-state index is -1.01. The van der Waals surface area contributed by atoms with Gasteiger partial charge < -0.3 is 20.5 Å². The second-order valence-corrected chi connectivity index (χ2v) is 4.51. The van der Waals surface area contributed by atoms with Gasteiger partial charge in [-0.2, -0.15) is 0 Å². The molecule has 1 atom stereocenters. The van der Waals surface area contributed by atoms with Crippen LogP contribution in [0.2, 0.25) is 0 Å². The molecular formula is C12H24N2O4. The molecular weight excluding hydrogens is 236 g/mol. The van der Waals surface area contributed by atoms with E-state index in [1.165, 1.54) is 0 Å². The number of aliphatic carboxylic acids is 1. The molecule has 6 heteroatoms. The van der Waals surface area contributed by atoms with Gasteiger partial charge in [0.15, 0.2) is 0 Å². The van der Waals surface area contributed by atoms with E-state index >= 15 is 0 Å². The molecule has 0 aromatic rings. The lowest BCUT2D eigenvalue weighted by molar-refractivity contribution is -0.140. The van der Waals surface area contributed by atoms with Gasteiger partial charge in [-0.1, -0.05) is 13.8 Å². The quantitative estimate of drug-likeness (QED) is 0.544. The van der Waals surface area contributed by atoms with Crippen LogP contribution in [0.25, 0.3) is 0 Å². The maximum absolute atomic E-state index is 11.4. The van der Waals surface area contributed by atoms with Crippen LogP contribution >= 0.6 is 0 Å². The number of carbonyl (C=O) groups excluding carboxylic acids is 1. The summed E-state index contributed by atoms with van der Waals surface area (Å²) < 4.78 is 4.91. The number of hydrogen-bond donors (Lipinski definition) is 3. The van der Waals surface area contributed by atoms with Gasteiger partial charge in [-0.25, -0.2) is 9.59 Å². The third-order valence-corrected chi connectivity index (χ3v) is 2.53. The molecule has 0 radical (unpaired) electrons. The molecule has 0 heterocycles. The smallest absolute Gasteiger partial charge is 0.326 e. The van der Waals surface area contributed by atoms with Crippen LogP contribution in [0, 0.1) is 5.92 Å². The first-order chi connectivity index (χ1) is 8.49. The van der Waals surface area contributed by atoms with Gasteiger partial charge in [0.05, 0.1) is 0 Å². The highest BCUT2D eigenvalue weighted by Crippen LogP contribution is 2.01. The first-order valence-corrected chi connectivity index (χ1v) is 6.25. The van der Waals surface area contributed by atoms with Crippen molar-refractivity contribution in [1.82, 2.24) is 10.6 Å². The lowest BCUT2D eigenvalue weighted by atomic mass is 10.1. The van der Waals surface area contributed by atoms with Crippen molar-refractivity contribution in [2.75, 3.05) is 20.3 Å². The molecule has 106 valence electrons. The zero-order valence-corrected chi connectivity index (χ0v) is 11.4. The van der Waals surface area contributed by atoms with Gasteiger partial charge in [0.25, 0.3) is 0 Å². The number of ether oxygens (including phenoxy) is 1. The molecule has 0 bridgehead atoms. The summed E-state index contributed by atoms with van der Waals surface area (Å²) in [6.45, 7) is 4.77. The number of methoxy groups -OCH3 is 1. The van der Waals surface area contributed by atoms with E-state index in [1.807, 2.05) is 0 Å². The Balaban J connectivity index is 3.72. The van der Waals surface area contributed by atoms with E-state index in [1.54, 1.807) is 21.0 Å². The Morgan fingerprint density at radius 1 is 1.22 bits per heavy atom. The van der Waals surface area contributed by atoms with E-state index in [9.17, 15) is 9.59 Å². The van der Waals surface area contributed by atoms with Crippen molar-refractivity contribution in [2.24, 2.45) is 5.92 Å². The summed E-state index contributed by atoms with van der Waals surface area (Å²) in [4.78, 5) is 22.3. The van der Waals surface area contributed by atoms with E-state index in [-0.39, 0.29) is 5.92 Å². The summed E-state index contributed by atoms with van der Waals surface area (Å²) in [6.07, 6.45) is 2.79. The molecule has 2 amide bonds. The van der Waals surface area contributed by atoms with Crippen LogP contribution in [-0.4, -0.2) is 43.4 Å². The zero-order chi connectivity index (χ0) is 14.0. The third kappa shape index (κ3) is 7.89. The molecule has 0 saturated carbocycles. The fraction of sp³-hybridized carbons (Fsp3) is 0.833. The molecule has 18 heavy (non-hydrogen) atoms. The first-order valence-electron chi connectivity index (χ1n) is 6.25. The van der Waals surface area contributed by atoms with Crippen LogP contribution in [0.4, 0.5) is 4.79 Å². The van der Waals surface area contributed by atoms with E-state index in [4.69, 9.17) is 9.84 Å². The number of hydrogen-bond acceptors (Lipinski definition) is 3. The van der Waals surface area contributed by atoms with Crippen LogP contribution in [0.15, 0.2) is 0 Å². The predicted octanol–water partition coefficient (Wildman–Crippen LogP) is 1.21. The Labute approximate surface area is 108 Å². The number of amides is 2. The summed E-state index contributed by atoms with van der Waals surface area (Å²) >= 11 is 0. The van der Waals surface area contributed by atoms with E-state index in [0.29, 0.717) is 6.54 Å². The molecule has 0 aromatic carbocycles. The third-order valence-electron chi connectivity index (χ3n) is 2.53. The summed E-state index contributed by atoms with van der Waals surface area (Å²) in [5.41, 5.74) is 0. The first kappa shape index (κ1) is 16.7. The monoisotopic (exact) mass is 260 g/mol. The van der Waals surface area contributed by atoms with Crippen molar-refractivity contribution in [3.8, 4) is 0 Å². The molecule has 0 aliphatic rings. The number of rotatable bonds is 9. The lowest BCUT2D eigenvalue weighted by Gasteiger charge is -2.18. The number of carboxylic acid groups (broad SMARTS) is 1. The normalized spacial score (nSPS) is 12.2. The number of unbranched alkanes of at least 4 members (excludes halogenated alkanes) is 2. The number of nitrogens with one attached hydrogen (secondary N) is 2. The minimum Gasteiger partial charge on any atom is -0.480 e. The summed E-state index contributed by atoms with van der Waals surface area (Å²) in [5, 5.41) is 14.0. The van der Waals surface area contributed by atoms with Crippen LogP contribution in [-0.2, 0) is 9.53 Å². The largest absolute Gasteiger partial charge is 0.480 e. The Bertz CT molecular complexity index is 256. The van der Waals surface area contributed by atoms with Crippen molar-refractivity contribution in [3.05, 3.63) is 0 Å². The second-order valence-electron chi connectivity index (χ2n) is 4.51. The lowest BCUT2D eigenvalue weighted by Crippen LogP contribution is -2.48. The van der Waals surface area contributed by atoms with Crippen molar-refractivity contribution in [3.63, 3.8) is 0 Å². The minimum absolute atomic E-state index is 0.144. The van der Waals surface area contributed by atoms with Gasteiger partial charge in [0, 0.05) is 20.3 Å². The second kappa shape index (κ2) is 9.70. The molecule has 6 nitrogen and oxygen atoms in total. The van der Waals surface area contributed by atoms with Gasteiger partial charge in [0.2, 0.25) is 0 Å². The number of carbonyl (C=O) groups is 2. The Morgan fingerprint density at radius 2 is 1.89 bits per heavy atom. The fourth-order valence-electron chi connectivity index (χ4n) is 1.46.